The smallest absolute Gasteiger partial charge is 0.317 e. The lowest BCUT2D eigenvalue weighted by Gasteiger charge is -2.38. The number of aromatic nitrogens is 2. The largest absolute Gasteiger partial charge is 0.333 e. The molecule has 2 aromatic rings. The van der Waals surface area contributed by atoms with E-state index in [2.05, 4.69) is 10.3 Å². The van der Waals surface area contributed by atoms with Crippen LogP contribution in [0.1, 0.15) is 4.88 Å². The predicted molar refractivity (Wildman–Crippen MR) is 82.3 cm³/mol. The van der Waals surface area contributed by atoms with E-state index in [-0.39, 0.29) is 24.3 Å². The number of nitrogens with one attached hydrogen (secondary N) is 1. The summed E-state index contributed by atoms with van der Waals surface area (Å²) < 4.78 is 26.2. The molecule has 0 unspecified atom stereocenters. The number of carbonyl (C=O) groups is 1. The van der Waals surface area contributed by atoms with Gasteiger partial charge in [0.15, 0.2) is 0 Å². The van der Waals surface area contributed by atoms with Gasteiger partial charge in [0.2, 0.25) is 15.0 Å². The van der Waals surface area contributed by atoms with Crippen LogP contribution in [0.2, 0.25) is 0 Å². The number of likely N-dealkylation sites (tertiary alicyclic amines) is 1. The molecule has 1 N–H and O–H groups in total. The topological polar surface area (TPSA) is 84.3 Å². The van der Waals surface area contributed by atoms with E-state index in [1.807, 2.05) is 17.5 Å². The Kier molecular flexibility index (Phi) is 3.92. The minimum atomic E-state index is -3.48. The molecule has 9 heteroatoms. The van der Waals surface area contributed by atoms with Gasteiger partial charge in [-0.25, -0.2) is 18.2 Å². The number of sulfone groups is 1. The van der Waals surface area contributed by atoms with E-state index >= 15 is 0 Å². The fourth-order valence-corrected chi connectivity index (χ4v) is 4.63. The first-order valence-electron chi connectivity index (χ1n) is 6.75. The summed E-state index contributed by atoms with van der Waals surface area (Å²) in [6.45, 7) is 0.862. The van der Waals surface area contributed by atoms with Crippen LogP contribution in [0.15, 0.2) is 35.1 Å². The van der Waals surface area contributed by atoms with Gasteiger partial charge in [-0.15, -0.1) is 11.3 Å². The standard InChI is InChI=1S/C13H16N4O3S2/c1-16-5-4-14-13(16)22(19,20)11-8-17(9-11)12(18)15-7-10-3-2-6-21-10/h2-6,11H,7-9H2,1H3,(H,15,18). The molecule has 1 saturated heterocycles. The maximum atomic E-state index is 12.4. The molecule has 3 rings (SSSR count). The highest BCUT2D eigenvalue weighted by atomic mass is 32.2. The fraction of sp³-hybridized carbons (Fsp3) is 0.385. The third-order valence-corrected chi connectivity index (χ3v) is 6.55. The molecule has 0 bridgehead atoms. The van der Waals surface area contributed by atoms with Gasteiger partial charge < -0.3 is 14.8 Å². The van der Waals surface area contributed by atoms with Gasteiger partial charge in [0.05, 0.1) is 6.54 Å². The highest BCUT2D eigenvalue weighted by molar-refractivity contribution is 7.92. The molecule has 7 nitrogen and oxygen atoms in total. The van der Waals surface area contributed by atoms with Crippen molar-refractivity contribution in [2.45, 2.75) is 17.0 Å². The first-order valence-corrected chi connectivity index (χ1v) is 9.17. The number of amides is 2. The molecule has 0 aromatic carbocycles. The summed E-state index contributed by atoms with van der Waals surface area (Å²) in [6.07, 6.45) is 3.05. The number of urea groups is 1. The zero-order valence-corrected chi connectivity index (χ0v) is 13.6. The summed E-state index contributed by atoms with van der Waals surface area (Å²) in [5, 5.41) is 4.20. The predicted octanol–water partition coefficient (Wildman–Crippen LogP) is 0.849. The first kappa shape index (κ1) is 15.0. The van der Waals surface area contributed by atoms with Gasteiger partial charge in [0, 0.05) is 37.4 Å². The molecule has 0 saturated carbocycles. The maximum absolute atomic E-state index is 12.4. The minimum absolute atomic E-state index is 0.0520. The van der Waals surface area contributed by atoms with E-state index in [0.29, 0.717) is 6.54 Å². The maximum Gasteiger partial charge on any atom is 0.317 e. The van der Waals surface area contributed by atoms with Crippen molar-refractivity contribution in [3.05, 3.63) is 34.8 Å². The summed E-state index contributed by atoms with van der Waals surface area (Å²) in [5.41, 5.74) is 0. The summed E-state index contributed by atoms with van der Waals surface area (Å²) in [7, 11) is -1.84. The Morgan fingerprint density at radius 3 is 2.86 bits per heavy atom. The van der Waals surface area contributed by atoms with E-state index in [4.69, 9.17) is 0 Å². The molecule has 0 spiro atoms. The van der Waals surface area contributed by atoms with Gasteiger partial charge in [-0.1, -0.05) is 6.07 Å². The van der Waals surface area contributed by atoms with Crippen LogP contribution in [0, 0.1) is 0 Å². The summed E-state index contributed by atoms with van der Waals surface area (Å²) in [5.74, 6) is 0. The summed E-state index contributed by atoms with van der Waals surface area (Å²) in [4.78, 5) is 18.4. The molecule has 1 fully saturated rings. The lowest BCUT2D eigenvalue weighted by atomic mass is 10.2. The van der Waals surface area contributed by atoms with Gasteiger partial charge in [-0.05, 0) is 11.4 Å². The van der Waals surface area contributed by atoms with Crippen molar-refractivity contribution in [2.24, 2.45) is 7.05 Å². The van der Waals surface area contributed by atoms with Crippen LogP contribution in [0.25, 0.3) is 0 Å². The Bertz CT molecular complexity index is 761. The Morgan fingerprint density at radius 1 is 1.50 bits per heavy atom. The Morgan fingerprint density at radius 2 is 2.27 bits per heavy atom. The molecule has 2 amide bonds. The van der Waals surface area contributed by atoms with E-state index in [0.717, 1.165) is 4.88 Å². The molecule has 118 valence electrons. The Hall–Kier alpha value is -1.87. The quantitative estimate of drug-likeness (QED) is 0.894. The molecule has 22 heavy (non-hydrogen) atoms. The van der Waals surface area contributed by atoms with Crippen molar-refractivity contribution in [2.75, 3.05) is 13.1 Å². The molecule has 2 aromatic heterocycles. The van der Waals surface area contributed by atoms with Crippen LogP contribution >= 0.6 is 11.3 Å². The SMILES string of the molecule is Cn1ccnc1S(=O)(=O)C1CN(C(=O)NCc2cccs2)C1. The van der Waals surface area contributed by atoms with Crippen molar-refractivity contribution < 1.29 is 13.2 Å². The second-order valence-corrected chi connectivity index (χ2v) is 8.28. The number of hydrogen-bond acceptors (Lipinski definition) is 5. The molecule has 0 atom stereocenters. The average molecular weight is 340 g/mol. The van der Waals surface area contributed by atoms with Crippen molar-refractivity contribution in [3.8, 4) is 0 Å². The van der Waals surface area contributed by atoms with Crippen molar-refractivity contribution in [1.82, 2.24) is 19.8 Å². The number of rotatable bonds is 4. The van der Waals surface area contributed by atoms with Gasteiger partial charge in [-0.3, -0.25) is 0 Å². The number of thiophene rings is 1. The van der Waals surface area contributed by atoms with E-state index < -0.39 is 15.1 Å². The van der Waals surface area contributed by atoms with Crippen LogP contribution in [0.4, 0.5) is 4.79 Å². The van der Waals surface area contributed by atoms with E-state index in [1.165, 1.54) is 15.7 Å². The van der Waals surface area contributed by atoms with Crippen LogP contribution < -0.4 is 5.32 Å². The third-order valence-electron chi connectivity index (χ3n) is 3.60. The van der Waals surface area contributed by atoms with E-state index in [1.54, 1.807) is 24.6 Å². The number of imidazole rings is 1. The molecule has 1 aliphatic heterocycles. The number of nitrogens with zero attached hydrogens (tertiary/aromatic N) is 3. The van der Waals surface area contributed by atoms with Gasteiger partial charge in [-0.2, -0.15) is 0 Å². The van der Waals surface area contributed by atoms with Gasteiger partial charge in [0.1, 0.15) is 5.25 Å². The Balaban J connectivity index is 1.55. The third kappa shape index (κ3) is 2.73. The summed E-state index contributed by atoms with van der Waals surface area (Å²) >= 11 is 1.57. The molecule has 0 radical (unpaired) electrons. The lowest BCUT2D eigenvalue weighted by molar-refractivity contribution is 0.168. The molecule has 1 aliphatic rings. The number of aryl methyl sites for hydroxylation is 1. The fourth-order valence-electron chi connectivity index (χ4n) is 2.26. The zero-order valence-electron chi connectivity index (χ0n) is 12.0. The molecular weight excluding hydrogens is 324 g/mol. The number of hydrogen-bond donors (Lipinski definition) is 1. The highest BCUT2D eigenvalue weighted by Crippen LogP contribution is 2.22. The van der Waals surface area contributed by atoms with Crippen LogP contribution in [-0.2, 0) is 23.4 Å². The second kappa shape index (κ2) is 5.73. The molecular formula is C13H16N4O3S2. The number of carbonyl (C=O) groups excluding carboxylic acids is 1. The molecule has 0 aliphatic carbocycles. The second-order valence-electron chi connectivity index (χ2n) is 5.13. The average Bonchev–Trinajstić information content (AvgIpc) is 3.05. The highest BCUT2D eigenvalue weighted by Gasteiger charge is 2.42. The van der Waals surface area contributed by atoms with Crippen molar-refractivity contribution >= 4 is 27.2 Å². The lowest BCUT2D eigenvalue weighted by Crippen LogP contribution is -2.59. The van der Waals surface area contributed by atoms with Gasteiger partial charge in [0.25, 0.3) is 0 Å². The minimum Gasteiger partial charge on any atom is -0.333 e. The van der Waals surface area contributed by atoms with Crippen LogP contribution in [0.5, 0.6) is 0 Å². The van der Waals surface area contributed by atoms with Crippen LogP contribution in [0.3, 0.4) is 0 Å². The van der Waals surface area contributed by atoms with Crippen LogP contribution in [-0.4, -0.2) is 47.2 Å². The van der Waals surface area contributed by atoms with Crippen molar-refractivity contribution in [1.29, 1.82) is 0 Å². The first-order chi connectivity index (χ1) is 10.5. The zero-order chi connectivity index (χ0) is 15.7. The Labute approximate surface area is 132 Å². The van der Waals surface area contributed by atoms with E-state index in [9.17, 15) is 13.2 Å². The molecule has 3 heterocycles. The summed E-state index contributed by atoms with van der Waals surface area (Å²) in [6, 6.07) is 3.63. The monoisotopic (exact) mass is 340 g/mol. The van der Waals surface area contributed by atoms with Gasteiger partial charge >= 0.3 is 6.03 Å². The van der Waals surface area contributed by atoms with Crippen molar-refractivity contribution in [3.63, 3.8) is 0 Å². The normalized spacial score (nSPS) is 15.6.